The van der Waals surface area contributed by atoms with E-state index in [1.165, 1.54) is 0 Å². The number of nitrogens with one attached hydrogen (secondary N) is 2. The van der Waals surface area contributed by atoms with E-state index in [2.05, 4.69) is 51.5 Å². The molecule has 40 heavy (non-hydrogen) atoms. The topological polar surface area (TPSA) is 131 Å². The second kappa shape index (κ2) is 11.8. The molecule has 2 aliphatic heterocycles. The van der Waals surface area contributed by atoms with E-state index in [1.807, 2.05) is 37.5 Å². The average Bonchev–Trinajstić information content (AvgIpc) is 2.90. The number of nitrogens with zero attached hydrogens (tertiary/aromatic N) is 7. The lowest BCUT2D eigenvalue weighted by Crippen LogP contribution is -2.51. The zero-order valence-electron chi connectivity index (χ0n) is 22.3. The Labute approximate surface area is 232 Å². The van der Waals surface area contributed by atoms with Crippen LogP contribution < -0.4 is 10.6 Å². The molecule has 0 saturated carbocycles. The molecule has 0 unspecified atom stereocenters. The van der Waals surface area contributed by atoms with Gasteiger partial charge in [-0.05, 0) is 42.3 Å². The van der Waals surface area contributed by atoms with Crippen LogP contribution in [0.4, 0.5) is 11.6 Å². The highest BCUT2D eigenvalue weighted by molar-refractivity contribution is 5.74. The Morgan fingerprint density at radius 1 is 1.02 bits per heavy atom. The summed E-state index contributed by atoms with van der Waals surface area (Å²) in [7, 11) is 0. The van der Waals surface area contributed by atoms with Crippen LogP contribution in [0.1, 0.15) is 22.6 Å². The number of pyridine rings is 2. The number of carbonyl (C=O) groups is 1. The molecular formula is C29H31N9O2. The van der Waals surface area contributed by atoms with Gasteiger partial charge in [-0.15, -0.1) is 0 Å². The number of carbonyl (C=O) groups excluding carboxylic acids is 1. The van der Waals surface area contributed by atoms with Crippen LogP contribution >= 0.6 is 0 Å². The van der Waals surface area contributed by atoms with Crippen molar-refractivity contribution >= 4 is 17.6 Å². The first-order valence-electron chi connectivity index (χ1n) is 13.5. The van der Waals surface area contributed by atoms with Crippen molar-refractivity contribution in [1.29, 1.82) is 0 Å². The van der Waals surface area contributed by atoms with Gasteiger partial charge in [0, 0.05) is 75.5 Å². The maximum Gasteiger partial charge on any atom is 0.311 e. The molecule has 6 heterocycles. The summed E-state index contributed by atoms with van der Waals surface area (Å²) in [5.74, 6) is 2.84. The third-order valence-electron chi connectivity index (χ3n) is 6.97. The molecule has 2 N–H and O–H groups in total. The van der Waals surface area contributed by atoms with Crippen molar-refractivity contribution in [2.75, 3.05) is 38.1 Å². The van der Waals surface area contributed by atoms with Crippen LogP contribution in [0.15, 0.2) is 61.2 Å². The first kappa shape index (κ1) is 25.9. The zero-order valence-corrected chi connectivity index (χ0v) is 22.3. The highest BCUT2D eigenvalue weighted by Crippen LogP contribution is 2.22. The summed E-state index contributed by atoms with van der Waals surface area (Å²) >= 11 is 0. The third-order valence-corrected chi connectivity index (χ3v) is 6.97. The molecule has 11 heteroatoms. The van der Waals surface area contributed by atoms with Crippen LogP contribution in [-0.2, 0) is 22.5 Å². The van der Waals surface area contributed by atoms with Crippen molar-refractivity contribution < 1.29 is 9.53 Å². The Kier molecular flexibility index (Phi) is 7.64. The minimum atomic E-state index is -0.0781. The first-order chi connectivity index (χ1) is 19.6. The van der Waals surface area contributed by atoms with E-state index in [0.29, 0.717) is 55.3 Å². The maximum atomic E-state index is 12.3. The second-order valence-corrected chi connectivity index (χ2v) is 10.3. The Morgan fingerprint density at radius 3 is 2.62 bits per heavy atom. The zero-order chi connectivity index (χ0) is 27.3. The van der Waals surface area contributed by atoms with Crippen LogP contribution in [0.5, 0.6) is 0 Å². The monoisotopic (exact) mass is 537 g/mol. The minimum Gasteiger partial charge on any atom is -0.465 e. The van der Waals surface area contributed by atoms with Crippen LogP contribution in [0.25, 0.3) is 11.5 Å². The Balaban J connectivity index is 1.03. The molecule has 2 aliphatic rings. The van der Waals surface area contributed by atoms with Crippen molar-refractivity contribution in [2.24, 2.45) is 11.8 Å². The molecule has 11 nitrogen and oxygen atoms in total. The molecular weight excluding hydrogens is 506 g/mol. The van der Waals surface area contributed by atoms with Crippen molar-refractivity contribution in [2.45, 2.75) is 19.9 Å². The summed E-state index contributed by atoms with van der Waals surface area (Å²) in [6.07, 6.45) is 7.68. The highest BCUT2D eigenvalue weighted by atomic mass is 16.5. The van der Waals surface area contributed by atoms with E-state index < -0.39 is 0 Å². The number of likely N-dealkylation sites (tertiary alicyclic amines) is 1. The summed E-state index contributed by atoms with van der Waals surface area (Å²) in [5, 5.41) is 6.44. The molecule has 2 fully saturated rings. The van der Waals surface area contributed by atoms with Gasteiger partial charge < -0.3 is 15.4 Å². The predicted octanol–water partition coefficient (Wildman–Crippen LogP) is 2.56. The van der Waals surface area contributed by atoms with Gasteiger partial charge in [0.1, 0.15) is 23.2 Å². The fraction of sp³-hybridized carbons (Fsp3) is 0.345. The molecule has 4 aromatic heterocycles. The maximum absolute atomic E-state index is 12.3. The Bertz CT molecular complexity index is 1490. The number of rotatable bonds is 10. The van der Waals surface area contributed by atoms with E-state index in [-0.39, 0.29) is 11.9 Å². The summed E-state index contributed by atoms with van der Waals surface area (Å²) in [6, 6.07) is 11.5. The molecule has 4 aromatic rings. The lowest BCUT2D eigenvalue weighted by atomic mass is 9.99. The molecule has 2 saturated heterocycles. The number of ether oxygens (including phenoxy) is 1. The largest absolute Gasteiger partial charge is 0.465 e. The summed E-state index contributed by atoms with van der Waals surface area (Å²) in [4.78, 5) is 41.5. The van der Waals surface area contributed by atoms with Crippen molar-refractivity contribution in [1.82, 2.24) is 40.1 Å². The lowest BCUT2D eigenvalue weighted by Gasteiger charge is -2.38. The summed E-state index contributed by atoms with van der Waals surface area (Å²) < 4.78 is 5.46. The number of esters is 1. The van der Waals surface area contributed by atoms with Crippen LogP contribution in [0, 0.1) is 18.8 Å². The van der Waals surface area contributed by atoms with Crippen molar-refractivity contribution in [3.05, 3.63) is 83.8 Å². The van der Waals surface area contributed by atoms with Gasteiger partial charge in [-0.25, -0.2) is 24.9 Å². The third kappa shape index (κ3) is 6.44. The van der Waals surface area contributed by atoms with Gasteiger partial charge in [0.2, 0.25) is 0 Å². The molecule has 0 atom stereocenters. The molecule has 0 radical (unpaired) electrons. The summed E-state index contributed by atoms with van der Waals surface area (Å²) in [6.45, 7) is 6.52. The van der Waals surface area contributed by atoms with E-state index in [1.54, 1.807) is 24.5 Å². The van der Waals surface area contributed by atoms with Crippen LogP contribution in [-0.4, -0.2) is 73.6 Å². The van der Waals surface area contributed by atoms with E-state index >= 15 is 0 Å². The quantitative estimate of drug-likeness (QED) is 0.289. The number of hydrogen-bond donors (Lipinski definition) is 2. The van der Waals surface area contributed by atoms with Gasteiger partial charge in [0.05, 0.1) is 12.5 Å². The van der Waals surface area contributed by atoms with Gasteiger partial charge >= 0.3 is 5.97 Å². The minimum absolute atomic E-state index is 0.0353. The average molecular weight is 538 g/mol. The molecule has 0 aromatic carbocycles. The number of aryl methyl sites for hydroxylation is 1. The van der Waals surface area contributed by atoms with Gasteiger partial charge in [0.25, 0.3) is 0 Å². The normalized spacial score (nSPS) is 15.7. The fourth-order valence-electron chi connectivity index (χ4n) is 4.70. The van der Waals surface area contributed by atoms with E-state index in [9.17, 15) is 4.79 Å². The van der Waals surface area contributed by atoms with E-state index in [0.717, 1.165) is 42.1 Å². The lowest BCUT2D eigenvalue weighted by molar-refractivity contribution is -0.156. The van der Waals surface area contributed by atoms with Gasteiger partial charge in [0.15, 0.2) is 5.82 Å². The van der Waals surface area contributed by atoms with Crippen molar-refractivity contribution in [3.63, 3.8) is 0 Å². The fourth-order valence-corrected chi connectivity index (χ4v) is 4.70. The van der Waals surface area contributed by atoms with Crippen LogP contribution in [0.3, 0.4) is 0 Å². The highest BCUT2D eigenvalue weighted by Gasteiger charge is 2.34. The summed E-state index contributed by atoms with van der Waals surface area (Å²) in [5.41, 5.74) is 3.74. The SMILES string of the molecule is Cc1cccc(-c2nccc(Nc3ccnc(Cc4cncc(CN5CC(C(=O)OCC6CNC6)C5)c4)n3)n2)n1. The van der Waals surface area contributed by atoms with Crippen LogP contribution in [0.2, 0.25) is 0 Å². The molecule has 0 bridgehead atoms. The van der Waals surface area contributed by atoms with Gasteiger partial charge in [-0.3, -0.25) is 14.7 Å². The van der Waals surface area contributed by atoms with Gasteiger partial charge in [-0.2, -0.15) is 0 Å². The Hall–Kier alpha value is -4.35. The van der Waals surface area contributed by atoms with Crippen molar-refractivity contribution in [3.8, 4) is 11.5 Å². The standard InChI is InChI=1S/C29H31N9O2/c1-19-3-2-4-24(34-19)28-33-8-6-26(37-28)35-25-5-7-32-27(36-25)10-20-9-21(12-30-11-20)15-38-16-23(17-38)29(39)40-18-22-13-31-14-22/h2-9,11-12,22-23,31H,10,13-18H2,1H3,(H,32,33,35,36,37). The molecule has 204 valence electrons. The Morgan fingerprint density at radius 2 is 1.82 bits per heavy atom. The van der Waals surface area contributed by atoms with Gasteiger partial charge in [-0.1, -0.05) is 12.1 Å². The second-order valence-electron chi connectivity index (χ2n) is 10.3. The first-order valence-corrected chi connectivity index (χ1v) is 13.5. The molecule has 6 rings (SSSR count). The molecule has 0 aliphatic carbocycles. The van der Waals surface area contributed by atoms with E-state index in [4.69, 9.17) is 4.74 Å². The molecule has 0 amide bonds. The number of aromatic nitrogens is 6. The smallest absolute Gasteiger partial charge is 0.311 e. The molecule has 0 spiro atoms. The predicted molar refractivity (Wildman–Crippen MR) is 148 cm³/mol. The number of anilines is 2. The number of hydrogen-bond acceptors (Lipinski definition) is 11.